The largest absolute Gasteiger partial charge is 0.416 e. The second kappa shape index (κ2) is 9.73. The van der Waals surface area contributed by atoms with Gasteiger partial charge in [0.15, 0.2) is 0 Å². The van der Waals surface area contributed by atoms with Gasteiger partial charge in [0.1, 0.15) is 0 Å². The molecule has 3 aromatic rings. The first-order chi connectivity index (χ1) is 16.8. The van der Waals surface area contributed by atoms with E-state index in [1.165, 1.54) is 11.6 Å². The van der Waals surface area contributed by atoms with Gasteiger partial charge in [0.2, 0.25) is 5.91 Å². The van der Waals surface area contributed by atoms with E-state index in [9.17, 15) is 18.0 Å². The van der Waals surface area contributed by atoms with Crippen LogP contribution in [0.15, 0.2) is 60.8 Å². The molecule has 1 saturated heterocycles. The predicted octanol–water partition coefficient (Wildman–Crippen LogP) is 6.61. The first-order valence-corrected chi connectivity index (χ1v) is 12.2. The zero-order valence-electron chi connectivity index (χ0n) is 21.2. The second-order valence-electron chi connectivity index (χ2n) is 10.8. The highest BCUT2D eigenvalue weighted by Gasteiger charge is 2.41. The van der Waals surface area contributed by atoms with Gasteiger partial charge in [-0.05, 0) is 74.6 Å². The Bertz CT molecular complexity index is 1210. The topological polar surface area (TPSA) is 59.0 Å². The monoisotopic (exact) mass is 498 g/mol. The number of halogens is 3. The lowest BCUT2D eigenvalue weighted by molar-refractivity contribution is -0.137. The van der Waals surface area contributed by atoms with Crippen LogP contribution in [0.25, 0.3) is 0 Å². The number of hydrogen-bond acceptors (Lipinski definition) is 3. The molecule has 0 spiro atoms. The van der Waals surface area contributed by atoms with E-state index in [0.717, 1.165) is 17.8 Å². The van der Waals surface area contributed by atoms with Crippen LogP contribution >= 0.6 is 0 Å². The number of alkyl halides is 3. The maximum absolute atomic E-state index is 13.4. The number of amides is 1. The molecule has 192 valence electrons. The van der Waals surface area contributed by atoms with Crippen LogP contribution in [0.2, 0.25) is 0 Å². The highest BCUT2D eigenvalue weighted by atomic mass is 19.4. The molecule has 1 amide bonds. The molecule has 1 aromatic heterocycles. The minimum absolute atomic E-state index is 0.220. The van der Waals surface area contributed by atoms with Gasteiger partial charge in [0.05, 0.1) is 22.8 Å². The molecule has 1 fully saturated rings. The zero-order chi connectivity index (χ0) is 26.3. The molecule has 0 radical (unpaired) electrons. The summed E-state index contributed by atoms with van der Waals surface area (Å²) in [6, 6.07) is 13.8. The second-order valence-corrected chi connectivity index (χ2v) is 10.8. The zero-order valence-corrected chi connectivity index (χ0v) is 21.2. The summed E-state index contributed by atoms with van der Waals surface area (Å²) in [6.07, 6.45) is -2.16. The normalized spacial score (nSPS) is 20.6. The Morgan fingerprint density at radius 3 is 2.36 bits per heavy atom. The SMILES string of the molecule is CC(C)c1ccc(NC(=O)[C@@H]2C[C@@H](c3ccn(C(C)(C)C)n3)[C@H](c3cccc(C(F)(F)F)c3)N2)cc1. The fourth-order valence-electron chi connectivity index (χ4n) is 4.59. The summed E-state index contributed by atoms with van der Waals surface area (Å²) in [6.45, 7) is 10.3. The van der Waals surface area contributed by atoms with E-state index in [4.69, 9.17) is 5.10 Å². The van der Waals surface area contributed by atoms with Crippen LogP contribution in [0, 0.1) is 0 Å². The molecular formula is C28H33F3N4O. The number of nitrogens with one attached hydrogen (secondary N) is 2. The number of aromatic nitrogens is 2. The quantitative estimate of drug-likeness (QED) is 0.416. The summed E-state index contributed by atoms with van der Waals surface area (Å²) < 4.78 is 42.1. The van der Waals surface area contributed by atoms with Gasteiger partial charge in [0.25, 0.3) is 0 Å². The lowest BCUT2D eigenvalue weighted by atomic mass is 9.90. The number of rotatable bonds is 5. The molecule has 2 N–H and O–H groups in total. The third-order valence-electron chi connectivity index (χ3n) is 6.68. The van der Waals surface area contributed by atoms with E-state index >= 15 is 0 Å². The Balaban J connectivity index is 1.62. The van der Waals surface area contributed by atoms with Gasteiger partial charge >= 0.3 is 6.18 Å². The molecule has 0 unspecified atom stereocenters. The van der Waals surface area contributed by atoms with E-state index < -0.39 is 23.8 Å². The summed E-state index contributed by atoms with van der Waals surface area (Å²) in [5.41, 5.74) is 2.13. The van der Waals surface area contributed by atoms with Gasteiger partial charge in [0, 0.05) is 23.8 Å². The Morgan fingerprint density at radius 1 is 1.08 bits per heavy atom. The van der Waals surface area contributed by atoms with Crippen molar-refractivity contribution in [3.8, 4) is 0 Å². The molecule has 4 rings (SSSR count). The smallest absolute Gasteiger partial charge is 0.325 e. The highest BCUT2D eigenvalue weighted by molar-refractivity contribution is 5.95. The summed E-state index contributed by atoms with van der Waals surface area (Å²) in [4.78, 5) is 13.2. The molecule has 2 aromatic carbocycles. The van der Waals surface area contributed by atoms with Crippen LogP contribution < -0.4 is 10.6 Å². The molecule has 36 heavy (non-hydrogen) atoms. The van der Waals surface area contributed by atoms with Gasteiger partial charge in [-0.1, -0.05) is 38.1 Å². The summed E-state index contributed by atoms with van der Waals surface area (Å²) in [7, 11) is 0. The fraction of sp³-hybridized carbons (Fsp3) is 0.429. The van der Waals surface area contributed by atoms with Crippen LogP contribution in [0.5, 0.6) is 0 Å². The molecule has 0 bridgehead atoms. The minimum atomic E-state index is -4.45. The predicted molar refractivity (Wildman–Crippen MR) is 135 cm³/mol. The average molecular weight is 499 g/mol. The molecule has 1 aliphatic rings. The standard InChI is InChI=1S/C28H33F3N4O/c1-17(2)18-9-11-21(12-10-18)32-26(36)24-16-22(23-13-14-35(34-23)27(3,4)5)25(33-24)19-7-6-8-20(15-19)28(29,30)31/h6-15,17,22,24-25,33H,16H2,1-5H3,(H,32,36)/t22-,24-,25-/m0/s1. The van der Waals surface area contributed by atoms with Crippen molar-refractivity contribution in [2.75, 3.05) is 5.32 Å². The van der Waals surface area contributed by atoms with Crippen molar-refractivity contribution in [1.82, 2.24) is 15.1 Å². The molecular weight excluding hydrogens is 465 g/mol. The van der Waals surface area contributed by atoms with Crippen LogP contribution in [0.4, 0.5) is 18.9 Å². The Hall–Kier alpha value is -3.13. The number of carbonyl (C=O) groups is 1. The van der Waals surface area contributed by atoms with Crippen molar-refractivity contribution in [2.24, 2.45) is 0 Å². The average Bonchev–Trinajstić information content (AvgIpc) is 3.46. The lowest BCUT2D eigenvalue weighted by Gasteiger charge is -2.21. The number of anilines is 1. The van der Waals surface area contributed by atoms with Gasteiger partial charge in [-0.15, -0.1) is 0 Å². The van der Waals surface area contributed by atoms with Crippen molar-refractivity contribution in [3.63, 3.8) is 0 Å². The number of carbonyl (C=O) groups excluding carboxylic acids is 1. The Labute approximate surface area is 210 Å². The highest BCUT2D eigenvalue weighted by Crippen LogP contribution is 2.41. The lowest BCUT2D eigenvalue weighted by Crippen LogP contribution is -2.36. The van der Waals surface area contributed by atoms with Crippen LogP contribution in [-0.2, 0) is 16.5 Å². The Morgan fingerprint density at radius 2 is 1.78 bits per heavy atom. The fourth-order valence-corrected chi connectivity index (χ4v) is 4.59. The number of hydrogen-bond donors (Lipinski definition) is 2. The van der Waals surface area contributed by atoms with Crippen molar-refractivity contribution in [1.29, 1.82) is 0 Å². The van der Waals surface area contributed by atoms with E-state index in [2.05, 4.69) is 24.5 Å². The van der Waals surface area contributed by atoms with Crippen molar-refractivity contribution < 1.29 is 18.0 Å². The van der Waals surface area contributed by atoms with Crippen molar-refractivity contribution in [3.05, 3.63) is 83.2 Å². The van der Waals surface area contributed by atoms with Gasteiger partial charge in [-0.3, -0.25) is 14.8 Å². The van der Waals surface area contributed by atoms with E-state index in [-0.39, 0.29) is 17.4 Å². The van der Waals surface area contributed by atoms with Crippen LogP contribution in [0.3, 0.4) is 0 Å². The first kappa shape index (κ1) is 25.9. The Kier molecular flexibility index (Phi) is 7.01. The molecule has 8 heteroatoms. The summed E-state index contributed by atoms with van der Waals surface area (Å²) in [5.74, 6) is -0.105. The molecule has 1 aliphatic heterocycles. The van der Waals surface area contributed by atoms with E-state index in [1.807, 2.05) is 62.0 Å². The summed E-state index contributed by atoms with van der Waals surface area (Å²) in [5, 5.41) is 11.0. The van der Waals surface area contributed by atoms with Crippen LogP contribution in [0.1, 0.15) is 81.3 Å². The van der Waals surface area contributed by atoms with E-state index in [0.29, 0.717) is 23.6 Å². The molecule has 2 heterocycles. The number of benzene rings is 2. The molecule has 0 aliphatic carbocycles. The van der Waals surface area contributed by atoms with Gasteiger partial charge in [-0.2, -0.15) is 18.3 Å². The van der Waals surface area contributed by atoms with Crippen molar-refractivity contribution >= 4 is 11.6 Å². The maximum Gasteiger partial charge on any atom is 0.416 e. The maximum atomic E-state index is 13.4. The van der Waals surface area contributed by atoms with Gasteiger partial charge < -0.3 is 5.32 Å². The third-order valence-corrected chi connectivity index (χ3v) is 6.68. The third kappa shape index (κ3) is 5.64. The van der Waals surface area contributed by atoms with Crippen LogP contribution in [-0.4, -0.2) is 21.7 Å². The summed E-state index contributed by atoms with van der Waals surface area (Å²) >= 11 is 0. The van der Waals surface area contributed by atoms with Crippen molar-refractivity contribution in [2.45, 2.75) is 76.7 Å². The van der Waals surface area contributed by atoms with Gasteiger partial charge in [-0.25, -0.2) is 0 Å². The molecule has 0 saturated carbocycles. The molecule has 3 atom stereocenters. The number of nitrogens with zero attached hydrogens (tertiary/aromatic N) is 2. The molecule has 5 nitrogen and oxygen atoms in total. The first-order valence-electron chi connectivity index (χ1n) is 12.2. The minimum Gasteiger partial charge on any atom is -0.325 e. The van der Waals surface area contributed by atoms with E-state index in [1.54, 1.807) is 6.07 Å².